The second-order valence-electron chi connectivity index (χ2n) is 3.90. The lowest BCUT2D eigenvalue weighted by Crippen LogP contribution is -2.40. The van der Waals surface area contributed by atoms with Gasteiger partial charge in [0.25, 0.3) is 11.8 Å². The Kier molecular flexibility index (Phi) is 4.61. The van der Waals surface area contributed by atoms with E-state index in [4.69, 9.17) is 0 Å². The highest BCUT2D eigenvalue weighted by Gasteiger charge is 2.04. The Labute approximate surface area is 116 Å². The largest absolute Gasteiger partial charge is 0.269 e. The SMILES string of the molecule is O=C(/C=C/c1ccccn1)NNC(=O)c1ccccc1. The molecule has 20 heavy (non-hydrogen) atoms. The first-order valence-electron chi connectivity index (χ1n) is 6.00. The number of rotatable bonds is 3. The zero-order valence-electron chi connectivity index (χ0n) is 10.6. The van der Waals surface area contributed by atoms with Gasteiger partial charge < -0.3 is 0 Å². The second-order valence-corrected chi connectivity index (χ2v) is 3.90. The molecule has 0 aliphatic rings. The fourth-order valence-electron chi connectivity index (χ4n) is 1.46. The van der Waals surface area contributed by atoms with E-state index in [0.717, 1.165) is 0 Å². The summed E-state index contributed by atoms with van der Waals surface area (Å²) in [6.07, 6.45) is 4.49. The number of benzene rings is 1. The van der Waals surface area contributed by atoms with Gasteiger partial charge in [0.1, 0.15) is 0 Å². The van der Waals surface area contributed by atoms with Crippen molar-refractivity contribution in [1.82, 2.24) is 15.8 Å². The standard InChI is InChI=1S/C15H13N3O2/c19-14(10-9-13-8-4-5-11-16-13)17-18-15(20)12-6-2-1-3-7-12/h1-11H,(H,17,19)(H,18,20)/b10-9+. The van der Waals surface area contributed by atoms with Crippen LogP contribution in [0.4, 0.5) is 0 Å². The van der Waals surface area contributed by atoms with Crippen molar-refractivity contribution in [1.29, 1.82) is 0 Å². The molecule has 0 fully saturated rings. The normalized spacial score (nSPS) is 10.2. The van der Waals surface area contributed by atoms with Crippen LogP contribution in [-0.4, -0.2) is 16.8 Å². The zero-order valence-corrected chi connectivity index (χ0v) is 10.6. The number of carbonyl (C=O) groups excluding carboxylic acids is 2. The summed E-state index contributed by atoms with van der Waals surface area (Å²) in [5.74, 6) is -0.801. The highest BCUT2D eigenvalue weighted by Crippen LogP contribution is 1.97. The average molecular weight is 267 g/mol. The maximum absolute atomic E-state index is 11.7. The first kappa shape index (κ1) is 13.5. The molecule has 100 valence electrons. The number of nitrogens with zero attached hydrogens (tertiary/aromatic N) is 1. The van der Waals surface area contributed by atoms with Gasteiger partial charge in [-0.15, -0.1) is 0 Å². The van der Waals surface area contributed by atoms with Crippen LogP contribution >= 0.6 is 0 Å². The maximum Gasteiger partial charge on any atom is 0.269 e. The van der Waals surface area contributed by atoms with Crippen molar-refractivity contribution in [2.45, 2.75) is 0 Å². The molecule has 0 bridgehead atoms. The number of nitrogens with one attached hydrogen (secondary N) is 2. The van der Waals surface area contributed by atoms with Gasteiger partial charge in [0.15, 0.2) is 0 Å². The molecule has 0 unspecified atom stereocenters. The van der Waals surface area contributed by atoms with Gasteiger partial charge in [-0.05, 0) is 30.3 Å². The molecule has 0 saturated carbocycles. The lowest BCUT2D eigenvalue weighted by molar-refractivity contribution is -0.117. The van der Waals surface area contributed by atoms with Crippen LogP contribution in [0.5, 0.6) is 0 Å². The minimum absolute atomic E-state index is 0.370. The fourth-order valence-corrected chi connectivity index (χ4v) is 1.46. The van der Waals surface area contributed by atoms with Gasteiger partial charge in [0, 0.05) is 17.8 Å². The summed E-state index contributed by atoms with van der Waals surface area (Å²) in [5.41, 5.74) is 5.76. The van der Waals surface area contributed by atoms with Gasteiger partial charge in [-0.3, -0.25) is 25.4 Å². The first-order chi connectivity index (χ1) is 9.75. The van der Waals surface area contributed by atoms with E-state index in [2.05, 4.69) is 15.8 Å². The topological polar surface area (TPSA) is 71.1 Å². The van der Waals surface area contributed by atoms with Crippen molar-refractivity contribution in [3.8, 4) is 0 Å². The van der Waals surface area contributed by atoms with E-state index in [1.54, 1.807) is 48.7 Å². The van der Waals surface area contributed by atoms with Crippen molar-refractivity contribution in [3.63, 3.8) is 0 Å². The molecule has 2 rings (SSSR count). The van der Waals surface area contributed by atoms with Crippen molar-refractivity contribution < 1.29 is 9.59 Å². The molecule has 0 aliphatic heterocycles. The van der Waals surface area contributed by atoms with Gasteiger partial charge in [-0.1, -0.05) is 24.3 Å². The number of hydrogen-bond acceptors (Lipinski definition) is 3. The van der Waals surface area contributed by atoms with E-state index < -0.39 is 5.91 Å². The Balaban J connectivity index is 1.84. The second kappa shape index (κ2) is 6.84. The van der Waals surface area contributed by atoms with Crippen LogP contribution in [0.15, 0.2) is 60.8 Å². The Morgan fingerprint density at radius 2 is 1.70 bits per heavy atom. The minimum Gasteiger partial charge on any atom is -0.268 e. The molecular formula is C15H13N3O2. The van der Waals surface area contributed by atoms with Crippen LogP contribution < -0.4 is 10.9 Å². The Hall–Kier alpha value is -2.95. The molecule has 1 aromatic heterocycles. The number of hydrogen-bond donors (Lipinski definition) is 2. The molecule has 0 saturated heterocycles. The molecule has 1 heterocycles. The fraction of sp³-hybridized carbons (Fsp3) is 0. The molecule has 0 spiro atoms. The highest BCUT2D eigenvalue weighted by molar-refractivity contribution is 5.97. The number of aromatic nitrogens is 1. The molecule has 5 nitrogen and oxygen atoms in total. The van der Waals surface area contributed by atoms with Crippen molar-refractivity contribution >= 4 is 17.9 Å². The third-order valence-electron chi connectivity index (χ3n) is 2.43. The molecular weight excluding hydrogens is 254 g/mol. The van der Waals surface area contributed by atoms with Crippen molar-refractivity contribution in [2.24, 2.45) is 0 Å². The summed E-state index contributed by atoms with van der Waals surface area (Å²) in [6, 6.07) is 14.0. The van der Waals surface area contributed by atoms with Gasteiger partial charge in [-0.25, -0.2) is 0 Å². The smallest absolute Gasteiger partial charge is 0.268 e. The lowest BCUT2D eigenvalue weighted by Gasteiger charge is -2.04. The minimum atomic E-state index is -0.431. The summed E-state index contributed by atoms with van der Waals surface area (Å²) in [4.78, 5) is 27.2. The Morgan fingerprint density at radius 3 is 2.40 bits per heavy atom. The predicted octanol–water partition coefficient (Wildman–Crippen LogP) is 1.56. The first-order valence-corrected chi connectivity index (χ1v) is 6.00. The van der Waals surface area contributed by atoms with Crippen LogP contribution in [0.1, 0.15) is 16.1 Å². The van der Waals surface area contributed by atoms with Crippen LogP contribution in [0.3, 0.4) is 0 Å². The van der Waals surface area contributed by atoms with Crippen molar-refractivity contribution in [2.75, 3.05) is 0 Å². The molecule has 0 atom stereocenters. The quantitative estimate of drug-likeness (QED) is 0.655. The summed E-state index contributed by atoms with van der Waals surface area (Å²) in [5, 5.41) is 0. The lowest BCUT2D eigenvalue weighted by atomic mass is 10.2. The number of pyridine rings is 1. The summed E-state index contributed by atoms with van der Waals surface area (Å²) in [6.45, 7) is 0. The third kappa shape index (κ3) is 4.06. The van der Waals surface area contributed by atoms with Gasteiger partial charge >= 0.3 is 0 Å². The molecule has 1 aromatic carbocycles. The van der Waals surface area contributed by atoms with E-state index in [9.17, 15) is 9.59 Å². The molecule has 2 amide bonds. The Morgan fingerprint density at radius 1 is 0.950 bits per heavy atom. The van der Waals surface area contributed by atoms with Crippen LogP contribution in [0.25, 0.3) is 6.08 Å². The zero-order chi connectivity index (χ0) is 14.2. The van der Waals surface area contributed by atoms with E-state index in [1.165, 1.54) is 6.08 Å². The van der Waals surface area contributed by atoms with E-state index in [-0.39, 0.29) is 5.91 Å². The summed E-state index contributed by atoms with van der Waals surface area (Å²) >= 11 is 0. The summed E-state index contributed by atoms with van der Waals surface area (Å²) in [7, 11) is 0. The maximum atomic E-state index is 11.7. The summed E-state index contributed by atoms with van der Waals surface area (Å²) < 4.78 is 0. The average Bonchev–Trinajstić information content (AvgIpc) is 2.52. The van der Waals surface area contributed by atoms with Crippen molar-refractivity contribution in [3.05, 3.63) is 72.1 Å². The van der Waals surface area contributed by atoms with Gasteiger partial charge in [0.05, 0.1) is 5.69 Å². The molecule has 2 N–H and O–H groups in total. The predicted molar refractivity (Wildman–Crippen MR) is 75.3 cm³/mol. The third-order valence-corrected chi connectivity index (χ3v) is 2.43. The highest BCUT2D eigenvalue weighted by atomic mass is 16.2. The Bertz CT molecular complexity index is 610. The number of amides is 2. The monoisotopic (exact) mass is 267 g/mol. The molecule has 2 aromatic rings. The molecule has 5 heteroatoms. The molecule has 0 radical (unpaired) electrons. The van der Waals surface area contributed by atoms with Crippen LogP contribution in [0.2, 0.25) is 0 Å². The van der Waals surface area contributed by atoms with E-state index in [0.29, 0.717) is 11.3 Å². The van der Waals surface area contributed by atoms with E-state index in [1.807, 2.05) is 12.1 Å². The van der Waals surface area contributed by atoms with Crippen LogP contribution in [-0.2, 0) is 4.79 Å². The van der Waals surface area contributed by atoms with E-state index >= 15 is 0 Å². The van der Waals surface area contributed by atoms with Crippen LogP contribution in [0, 0.1) is 0 Å². The number of carbonyl (C=O) groups is 2. The van der Waals surface area contributed by atoms with Gasteiger partial charge in [0.2, 0.25) is 0 Å². The van der Waals surface area contributed by atoms with Gasteiger partial charge in [-0.2, -0.15) is 0 Å². The number of hydrazine groups is 1. The molecule has 0 aliphatic carbocycles.